The normalized spacial score (nSPS) is 11.8. The molecule has 0 unspecified atom stereocenters. The average Bonchev–Trinajstić information content (AvgIpc) is 3.02. The van der Waals surface area contributed by atoms with Crippen molar-refractivity contribution in [1.82, 2.24) is 4.57 Å². The Kier molecular flexibility index (Phi) is 5.69. The fourth-order valence-corrected chi connectivity index (χ4v) is 3.28. The van der Waals surface area contributed by atoms with Crippen molar-refractivity contribution in [3.63, 3.8) is 0 Å². The number of hydrogen-bond donors (Lipinski definition) is 1. The lowest BCUT2D eigenvalue weighted by molar-refractivity contribution is -0.384. The summed E-state index contributed by atoms with van der Waals surface area (Å²) >= 11 is 0. The number of Topliss-reactive ketones (excluding diaryl/α,β-unsaturated/α-hetero) is 1. The third-order valence-corrected chi connectivity index (χ3v) is 4.53. The minimum absolute atomic E-state index is 0.0400. The number of ketones is 1. The van der Waals surface area contributed by atoms with Crippen LogP contribution in [0, 0.1) is 10.1 Å². The highest BCUT2D eigenvalue weighted by Crippen LogP contribution is 2.32. The average molecular weight is 397 g/mol. The summed E-state index contributed by atoms with van der Waals surface area (Å²) in [5, 5.41) is 25.3. The van der Waals surface area contributed by atoms with Crippen molar-refractivity contribution >= 4 is 45.0 Å². The molecule has 0 saturated carbocycles. The Balaban J connectivity index is 2.17. The van der Waals surface area contributed by atoms with Crippen LogP contribution in [-0.2, 0) is 16.2 Å². The van der Waals surface area contributed by atoms with Gasteiger partial charge in [0.2, 0.25) is 5.78 Å². The van der Waals surface area contributed by atoms with Crippen LogP contribution >= 0.6 is 0 Å². The minimum atomic E-state index is -0.679. The first-order valence-electron chi connectivity index (χ1n) is 8.97. The standard InChI is InChI=1S/C20H19N3O6/c1-3-22-18-6-4-13(20(26)17(8-9-24)21-29-12(2)25)10-15(18)16-11-14(23(27)28)5-7-19(16)22/h4-7,10-11,24H,3,8-9H2,1-2H3/b21-17+. The molecule has 1 aromatic heterocycles. The number of benzene rings is 2. The van der Waals surface area contributed by atoms with E-state index >= 15 is 0 Å². The molecule has 0 amide bonds. The summed E-state index contributed by atoms with van der Waals surface area (Å²) in [7, 11) is 0. The molecule has 0 bridgehead atoms. The zero-order valence-corrected chi connectivity index (χ0v) is 15.9. The van der Waals surface area contributed by atoms with Crippen molar-refractivity contribution in [1.29, 1.82) is 0 Å². The SMILES string of the molecule is CCn1c2ccc(C(=O)/C(CCO)=N/OC(C)=O)cc2c2cc([N+](=O)[O-])ccc21. The number of oxime groups is 1. The van der Waals surface area contributed by atoms with E-state index in [0.717, 1.165) is 18.0 Å². The Morgan fingerprint density at radius 2 is 1.83 bits per heavy atom. The van der Waals surface area contributed by atoms with E-state index in [2.05, 4.69) is 9.99 Å². The van der Waals surface area contributed by atoms with Gasteiger partial charge in [-0.2, -0.15) is 0 Å². The molecule has 0 spiro atoms. The molecule has 0 atom stereocenters. The number of nitro benzene ring substituents is 1. The molecule has 0 radical (unpaired) electrons. The molecule has 0 aliphatic rings. The highest BCUT2D eigenvalue weighted by Gasteiger charge is 2.19. The molecule has 29 heavy (non-hydrogen) atoms. The Morgan fingerprint density at radius 3 is 2.41 bits per heavy atom. The highest BCUT2D eigenvalue weighted by molar-refractivity contribution is 6.46. The van der Waals surface area contributed by atoms with E-state index in [4.69, 9.17) is 0 Å². The maximum absolute atomic E-state index is 12.8. The zero-order chi connectivity index (χ0) is 21.1. The number of aliphatic hydroxyl groups is 1. The maximum Gasteiger partial charge on any atom is 0.331 e. The van der Waals surface area contributed by atoms with Crippen LogP contribution in [0.3, 0.4) is 0 Å². The Hall–Kier alpha value is -3.59. The Bertz CT molecular complexity index is 1160. The minimum Gasteiger partial charge on any atom is -0.396 e. The number of fused-ring (bicyclic) bond motifs is 3. The third kappa shape index (κ3) is 3.85. The molecule has 0 fully saturated rings. The molecular weight excluding hydrogens is 378 g/mol. The van der Waals surface area contributed by atoms with E-state index in [1.165, 1.54) is 12.1 Å². The second-order valence-corrected chi connectivity index (χ2v) is 6.36. The van der Waals surface area contributed by atoms with Gasteiger partial charge in [0.15, 0.2) is 0 Å². The number of carbonyl (C=O) groups is 2. The first-order valence-corrected chi connectivity index (χ1v) is 8.97. The number of rotatable bonds is 7. The van der Waals surface area contributed by atoms with Gasteiger partial charge in [-0.15, -0.1) is 0 Å². The molecular formula is C20H19N3O6. The van der Waals surface area contributed by atoms with Gasteiger partial charge in [-0.3, -0.25) is 14.9 Å². The molecule has 0 aliphatic heterocycles. The van der Waals surface area contributed by atoms with E-state index in [1.807, 2.05) is 11.5 Å². The van der Waals surface area contributed by atoms with Crippen LogP contribution in [0.25, 0.3) is 21.8 Å². The molecule has 150 valence electrons. The smallest absolute Gasteiger partial charge is 0.331 e. The van der Waals surface area contributed by atoms with Gasteiger partial charge in [0.05, 0.1) is 4.92 Å². The lowest BCUT2D eigenvalue weighted by atomic mass is 10.0. The van der Waals surface area contributed by atoms with Gasteiger partial charge in [-0.05, 0) is 31.2 Å². The second-order valence-electron chi connectivity index (χ2n) is 6.36. The van der Waals surface area contributed by atoms with Crippen molar-refractivity contribution in [2.45, 2.75) is 26.8 Å². The van der Waals surface area contributed by atoms with Gasteiger partial charge in [-0.1, -0.05) is 5.16 Å². The number of aliphatic hydroxyl groups excluding tert-OH is 1. The quantitative estimate of drug-likeness (QED) is 0.215. The van der Waals surface area contributed by atoms with E-state index in [-0.39, 0.29) is 30.0 Å². The summed E-state index contributed by atoms with van der Waals surface area (Å²) in [4.78, 5) is 39.1. The van der Waals surface area contributed by atoms with Gasteiger partial charge < -0.3 is 14.5 Å². The van der Waals surface area contributed by atoms with Crippen molar-refractivity contribution in [3.05, 3.63) is 52.1 Å². The lowest BCUT2D eigenvalue weighted by Gasteiger charge is -2.05. The van der Waals surface area contributed by atoms with Crippen LogP contribution in [0.15, 0.2) is 41.6 Å². The molecule has 9 heteroatoms. The Labute approximate surface area is 165 Å². The van der Waals surface area contributed by atoms with E-state index in [9.17, 15) is 24.8 Å². The van der Waals surface area contributed by atoms with E-state index in [0.29, 0.717) is 17.3 Å². The molecule has 3 rings (SSSR count). The van der Waals surface area contributed by atoms with Crippen LogP contribution in [0.1, 0.15) is 30.6 Å². The topological polar surface area (TPSA) is 124 Å². The Morgan fingerprint density at radius 1 is 1.17 bits per heavy atom. The third-order valence-electron chi connectivity index (χ3n) is 4.53. The van der Waals surface area contributed by atoms with Crippen molar-refractivity contribution in [3.8, 4) is 0 Å². The maximum atomic E-state index is 12.8. The van der Waals surface area contributed by atoms with Crippen molar-refractivity contribution < 1.29 is 24.5 Å². The number of carbonyl (C=O) groups excluding carboxylic acids is 2. The molecule has 9 nitrogen and oxygen atoms in total. The van der Waals surface area contributed by atoms with Crippen molar-refractivity contribution in [2.75, 3.05) is 6.61 Å². The number of nitro groups is 1. The van der Waals surface area contributed by atoms with Gasteiger partial charge in [0.25, 0.3) is 5.69 Å². The predicted octanol–water partition coefficient (Wildman–Crippen LogP) is 3.21. The molecule has 1 N–H and O–H groups in total. The van der Waals surface area contributed by atoms with Crippen LogP contribution in [0.5, 0.6) is 0 Å². The largest absolute Gasteiger partial charge is 0.396 e. The zero-order valence-electron chi connectivity index (χ0n) is 15.9. The van der Waals surface area contributed by atoms with E-state index in [1.54, 1.807) is 24.3 Å². The molecule has 0 aliphatic carbocycles. The van der Waals surface area contributed by atoms with Crippen molar-refractivity contribution in [2.24, 2.45) is 5.16 Å². The van der Waals surface area contributed by atoms with Crippen LogP contribution < -0.4 is 0 Å². The molecule has 3 aromatic rings. The summed E-state index contributed by atoms with van der Waals surface area (Å²) < 4.78 is 2.00. The van der Waals surface area contributed by atoms with Gasteiger partial charge in [0, 0.05) is 66.0 Å². The lowest BCUT2D eigenvalue weighted by Crippen LogP contribution is -2.17. The van der Waals surface area contributed by atoms with Crippen LogP contribution in [0.2, 0.25) is 0 Å². The number of nitrogens with zero attached hydrogens (tertiary/aromatic N) is 3. The number of aryl methyl sites for hydroxylation is 1. The highest BCUT2D eigenvalue weighted by atomic mass is 16.7. The van der Waals surface area contributed by atoms with Crippen LogP contribution in [0.4, 0.5) is 5.69 Å². The van der Waals surface area contributed by atoms with Gasteiger partial charge in [-0.25, -0.2) is 4.79 Å². The number of hydrogen-bond acceptors (Lipinski definition) is 7. The molecule has 0 saturated heterocycles. The first-order chi connectivity index (χ1) is 13.9. The summed E-state index contributed by atoms with van der Waals surface area (Å²) in [5.41, 5.74) is 1.80. The van der Waals surface area contributed by atoms with E-state index < -0.39 is 16.7 Å². The fourth-order valence-electron chi connectivity index (χ4n) is 3.28. The van der Waals surface area contributed by atoms with Gasteiger partial charge >= 0.3 is 5.97 Å². The molecule has 1 heterocycles. The molecule has 2 aromatic carbocycles. The van der Waals surface area contributed by atoms with Crippen LogP contribution in [-0.4, -0.2) is 38.7 Å². The number of aromatic nitrogens is 1. The summed E-state index contributed by atoms with van der Waals surface area (Å²) in [6.07, 6.45) is -0.0770. The monoisotopic (exact) mass is 397 g/mol. The summed E-state index contributed by atoms with van der Waals surface area (Å²) in [5.74, 6) is -1.17. The first kappa shape index (κ1) is 20.2. The predicted molar refractivity (Wildman–Crippen MR) is 107 cm³/mol. The summed E-state index contributed by atoms with van der Waals surface area (Å²) in [6, 6.07) is 9.64. The summed E-state index contributed by atoms with van der Waals surface area (Å²) in [6.45, 7) is 3.43. The van der Waals surface area contributed by atoms with Gasteiger partial charge in [0.1, 0.15) is 5.71 Å². The number of non-ortho nitro benzene ring substituents is 1. The fraction of sp³-hybridized carbons (Fsp3) is 0.250. The second kappa shape index (κ2) is 8.19.